The molecular weight excluding hydrogens is 228 g/mol. The van der Waals surface area contributed by atoms with E-state index in [4.69, 9.17) is 5.11 Å². The number of nitrogens with zero attached hydrogens (tertiary/aromatic N) is 1. The number of amides is 1. The van der Waals surface area contributed by atoms with Crippen LogP contribution in [0, 0.1) is 0 Å². The summed E-state index contributed by atoms with van der Waals surface area (Å²) in [7, 11) is 0. The largest absolute Gasteiger partial charge is 0.476 e. The quantitative estimate of drug-likeness (QED) is 0.765. The van der Waals surface area contributed by atoms with Gasteiger partial charge in [0.1, 0.15) is 5.69 Å². The molecule has 0 radical (unpaired) electrons. The van der Waals surface area contributed by atoms with Crippen LogP contribution >= 0.6 is 11.3 Å². The van der Waals surface area contributed by atoms with Crippen LogP contribution in [0.1, 0.15) is 33.6 Å². The number of carboxylic acids is 1. The molecule has 0 saturated heterocycles. The number of thiazole rings is 1. The highest BCUT2D eigenvalue weighted by molar-refractivity contribution is 7.11. The van der Waals surface area contributed by atoms with E-state index in [0.29, 0.717) is 6.42 Å². The van der Waals surface area contributed by atoms with Gasteiger partial charge < -0.3 is 10.4 Å². The van der Waals surface area contributed by atoms with Gasteiger partial charge in [0.25, 0.3) is 5.91 Å². The number of aromatic carboxylic acids is 1. The minimum absolute atomic E-state index is 0.0417. The lowest BCUT2D eigenvalue weighted by Crippen LogP contribution is -2.32. The maximum atomic E-state index is 11.6. The SMILES string of the molecule is C=CCC(C)NC(=O)c1csc(C(=O)O)n1. The van der Waals surface area contributed by atoms with Gasteiger partial charge in [-0.2, -0.15) is 0 Å². The second-order valence-electron chi connectivity index (χ2n) is 3.24. The molecule has 1 rings (SSSR count). The van der Waals surface area contributed by atoms with Crippen molar-refractivity contribution in [2.75, 3.05) is 0 Å². The Morgan fingerprint density at radius 1 is 1.75 bits per heavy atom. The molecule has 0 saturated carbocycles. The van der Waals surface area contributed by atoms with Gasteiger partial charge in [0.05, 0.1) is 0 Å². The highest BCUT2D eigenvalue weighted by Gasteiger charge is 2.15. The first-order chi connectivity index (χ1) is 7.54. The molecule has 1 atom stereocenters. The van der Waals surface area contributed by atoms with E-state index in [1.807, 2.05) is 6.92 Å². The number of rotatable bonds is 5. The van der Waals surface area contributed by atoms with Crippen molar-refractivity contribution < 1.29 is 14.7 Å². The third kappa shape index (κ3) is 3.16. The maximum Gasteiger partial charge on any atom is 0.365 e. The minimum atomic E-state index is -1.12. The summed E-state index contributed by atoms with van der Waals surface area (Å²) in [6.07, 6.45) is 2.36. The first-order valence-electron chi connectivity index (χ1n) is 4.65. The molecule has 16 heavy (non-hydrogen) atoms. The van der Waals surface area contributed by atoms with Crippen molar-refractivity contribution >= 4 is 23.2 Å². The van der Waals surface area contributed by atoms with Crippen LogP contribution < -0.4 is 5.32 Å². The number of hydrogen-bond donors (Lipinski definition) is 2. The second kappa shape index (κ2) is 5.41. The average molecular weight is 240 g/mol. The molecule has 5 nitrogen and oxygen atoms in total. The Bertz CT molecular complexity index is 414. The molecule has 1 unspecified atom stereocenters. The summed E-state index contributed by atoms with van der Waals surface area (Å²) < 4.78 is 0. The highest BCUT2D eigenvalue weighted by Crippen LogP contribution is 2.09. The summed E-state index contributed by atoms with van der Waals surface area (Å²) >= 11 is 0.935. The molecule has 0 aliphatic heterocycles. The molecule has 0 aliphatic carbocycles. The zero-order valence-electron chi connectivity index (χ0n) is 8.77. The molecule has 1 aromatic rings. The summed E-state index contributed by atoms with van der Waals surface area (Å²) in [5.41, 5.74) is 0.137. The van der Waals surface area contributed by atoms with Gasteiger partial charge in [-0.1, -0.05) is 6.08 Å². The van der Waals surface area contributed by atoms with Gasteiger partial charge in [0.2, 0.25) is 5.01 Å². The van der Waals surface area contributed by atoms with Crippen molar-refractivity contribution in [2.24, 2.45) is 0 Å². The van der Waals surface area contributed by atoms with Gasteiger partial charge in [-0.05, 0) is 13.3 Å². The van der Waals surface area contributed by atoms with E-state index in [1.54, 1.807) is 6.08 Å². The van der Waals surface area contributed by atoms with E-state index in [-0.39, 0.29) is 22.7 Å². The lowest BCUT2D eigenvalue weighted by molar-refractivity contribution is 0.0696. The van der Waals surface area contributed by atoms with Crippen LogP contribution in [-0.2, 0) is 0 Å². The zero-order valence-corrected chi connectivity index (χ0v) is 9.58. The Morgan fingerprint density at radius 3 is 2.94 bits per heavy atom. The molecule has 6 heteroatoms. The fourth-order valence-electron chi connectivity index (χ4n) is 1.08. The topological polar surface area (TPSA) is 79.3 Å². The monoisotopic (exact) mass is 240 g/mol. The standard InChI is InChI=1S/C10H12N2O3S/c1-3-4-6(2)11-8(13)7-5-16-9(12-7)10(14)15/h3,5-6H,1,4H2,2H3,(H,11,13)(H,14,15). The van der Waals surface area contributed by atoms with Crippen LogP contribution in [0.4, 0.5) is 0 Å². The third-order valence-corrected chi connectivity index (χ3v) is 2.65. The fraction of sp³-hybridized carbons (Fsp3) is 0.300. The van der Waals surface area contributed by atoms with Crippen LogP contribution in [0.5, 0.6) is 0 Å². The Kier molecular flexibility index (Phi) is 4.19. The lowest BCUT2D eigenvalue weighted by Gasteiger charge is -2.09. The van der Waals surface area contributed by atoms with Crippen molar-refractivity contribution in [3.8, 4) is 0 Å². The first kappa shape index (κ1) is 12.4. The molecule has 1 amide bonds. The van der Waals surface area contributed by atoms with E-state index in [1.165, 1.54) is 5.38 Å². The molecule has 0 aliphatic rings. The van der Waals surface area contributed by atoms with Crippen molar-refractivity contribution in [1.82, 2.24) is 10.3 Å². The minimum Gasteiger partial charge on any atom is -0.476 e. The Balaban J connectivity index is 2.65. The van der Waals surface area contributed by atoms with Gasteiger partial charge in [-0.3, -0.25) is 4.79 Å². The molecular formula is C10H12N2O3S. The summed E-state index contributed by atoms with van der Waals surface area (Å²) in [6, 6.07) is -0.0417. The number of carbonyl (C=O) groups excluding carboxylic acids is 1. The Morgan fingerprint density at radius 2 is 2.44 bits per heavy atom. The summed E-state index contributed by atoms with van der Waals surface area (Å²) in [4.78, 5) is 25.8. The molecule has 0 aromatic carbocycles. The van der Waals surface area contributed by atoms with E-state index in [0.717, 1.165) is 11.3 Å². The molecule has 86 valence electrons. The second-order valence-corrected chi connectivity index (χ2v) is 4.10. The van der Waals surface area contributed by atoms with E-state index < -0.39 is 5.97 Å². The Hall–Kier alpha value is -1.69. The molecule has 0 bridgehead atoms. The number of nitrogens with one attached hydrogen (secondary N) is 1. The normalized spacial score (nSPS) is 11.8. The zero-order chi connectivity index (χ0) is 12.1. The highest BCUT2D eigenvalue weighted by atomic mass is 32.1. The predicted molar refractivity (Wildman–Crippen MR) is 60.8 cm³/mol. The van der Waals surface area contributed by atoms with Gasteiger partial charge in [0, 0.05) is 11.4 Å². The van der Waals surface area contributed by atoms with E-state index >= 15 is 0 Å². The van der Waals surface area contributed by atoms with Crippen LogP contribution in [0.2, 0.25) is 0 Å². The van der Waals surface area contributed by atoms with Crippen molar-refractivity contribution in [1.29, 1.82) is 0 Å². The summed E-state index contributed by atoms with van der Waals surface area (Å²) in [5, 5.41) is 12.7. The smallest absolute Gasteiger partial charge is 0.365 e. The average Bonchev–Trinajstić information content (AvgIpc) is 2.66. The summed E-state index contributed by atoms with van der Waals surface area (Å²) in [5.74, 6) is -1.48. The molecule has 2 N–H and O–H groups in total. The van der Waals surface area contributed by atoms with Crippen LogP contribution in [0.3, 0.4) is 0 Å². The van der Waals surface area contributed by atoms with Crippen molar-refractivity contribution in [3.05, 3.63) is 28.7 Å². The maximum absolute atomic E-state index is 11.6. The Labute approximate surface area is 96.8 Å². The van der Waals surface area contributed by atoms with Gasteiger partial charge >= 0.3 is 5.97 Å². The molecule has 1 aromatic heterocycles. The van der Waals surface area contributed by atoms with Gasteiger partial charge in [-0.25, -0.2) is 9.78 Å². The van der Waals surface area contributed by atoms with Crippen molar-refractivity contribution in [2.45, 2.75) is 19.4 Å². The molecule has 0 spiro atoms. The van der Waals surface area contributed by atoms with E-state index in [9.17, 15) is 9.59 Å². The number of aromatic nitrogens is 1. The lowest BCUT2D eigenvalue weighted by atomic mass is 10.2. The van der Waals surface area contributed by atoms with Crippen LogP contribution in [-0.4, -0.2) is 28.0 Å². The van der Waals surface area contributed by atoms with Gasteiger partial charge in [-0.15, -0.1) is 17.9 Å². The van der Waals surface area contributed by atoms with Crippen molar-refractivity contribution in [3.63, 3.8) is 0 Å². The number of carbonyl (C=O) groups is 2. The van der Waals surface area contributed by atoms with E-state index in [2.05, 4.69) is 16.9 Å². The van der Waals surface area contributed by atoms with Crippen LogP contribution in [0.15, 0.2) is 18.0 Å². The predicted octanol–water partition coefficient (Wildman–Crippen LogP) is 1.54. The van der Waals surface area contributed by atoms with Gasteiger partial charge in [0.15, 0.2) is 0 Å². The number of carboxylic acid groups (broad SMARTS) is 1. The molecule has 1 heterocycles. The third-order valence-electron chi connectivity index (χ3n) is 1.82. The van der Waals surface area contributed by atoms with Crippen LogP contribution in [0.25, 0.3) is 0 Å². The molecule has 0 fully saturated rings. The summed E-state index contributed by atoms with van der Waals surface area (Å²) in [6.45, 7) is 5.40. The number of hydrogen-bond acceptors (Lipinski definition) is 4. The first-order valence-corrected chi connectivity index (χ1v) is 5.53. The fourth-order valence-corrected chi connectivity index (χ4v) is 1.72.